The van der Waals surface area contributed by atoms with E-state index in [9.17, 15) is 4.79 Å². The van der Waals surface area contributed by atoms with Crippen LogP contribution in [-0.4, -0.2) is 21.0 Å². The highest BCUT2D eigenvalue weighted by molar-refractivity contribution is 8.01. The lowest BCUT2D eigenvalue weighted by Crippen LogP contribution is -2.33. The molecule has 1 aliphatic heterocycles. The topological polar surface area (TPSA) is 45.8 Å². The van der Waals surface area contributed by atoms with Crippen molar-refractivity contribution in [2.24, 2.45) is 0 Å². The summed E-state index contributed by atoms with van der Waals surface area (Å²) in [5.74, 6) is 0. The van der Waals surface area contributed by atoms with Gasteiger partial charge in [0.05, 0.1) is 5.56 Å². The van der Waals surface area contributed by atoms with Crippen molar-refractivity contribution in [2.75, 3.05) is 6.26 Å². The molecule has 15 heavy (non-hydrogen) atoms. The highest BCUT2D eigenvalue weighted by atomic mass is 32.2. The lowest BCUT2D eigenvalue weighted by Gasteiger charge is -2.36. The second-order valence-corrected chi connectivity index (χ2v) is 6.43. The molecule has 0 bridgehead atoms. The van der Waals surface area contributed by atoms with Crippen LogP contribution >= 0.6 is 23.5 Å². The number of H-pyrrole nitrogens is 1. The zero-order chi connectivity index (χ0) is 10.5. The second-order valence-electron chi connectivity index (χ2n) is 4.17. The molecule has 0 radical (unpaired) electrons. The van der Waals surface area contributed by atoms with Crippen LogP contribution in [0.4, 0.5) is 0 Å². The van der Waals surface area contributed by atoms with Crippen LogP contribution in [0.25, 0.3) is 0 Å². The molecular weight excluding hydrogens is 228 g/mol. The number of rotatable bonds is 1. The van der Waals surface area contributed by atoms with Crippen molar-refractivity contribution in [3.63, 3.8) is 0 Å². The minimum absolute atomic E-state index is 0.0700. The van der Waals surface area contributed by atoms with E-state index in [-0.39, 0.29) is 5.56 Å². The summed E-state index contributed by atoms with van der Waals surface area (Å²) in [5, 5.41) is 1.71. The molecule has 0 aromatic carbocycles. The first kappa shape index (κ1) is 9.78. The minimum atomic E-state index is 0.0700. The van der Waals surface area contributed by atoms with E-state index in [2.05, 4.69) is 9.97 Å². The molecule has 2 heterocycles. The third-order valence-corrected chi connectivity index (χ3v) is 5.32. The fourth-order valence-corrected chi connectivity index (χ4v) is 4.19. The van der Waals surface area contributed by atoms with Crippen molar-refractivity contribution in [1.29, 1.82) is 0 Å². The number of hydrogen-bond acceptors (Lipinski definition) is 4. The predicted molar refractivity (Wildman–Crippen MR) is 62.8 cm³/mol. The summed E-state index contributed by atoms with van der Waals surface area (Å²) in [6.45, 7) is 0. The molecule has 3 nitrogen and oxygen atoms in total. The summed E-state index contributed by atoms with van der Waals surface area (Å²) < 4.78 is 0.333. The van der Waals surface area contributed by atoms with Crippen molar-refractivity contribution in [1.82, 2.24) is 9.97 Å². The van der Waals surface area contributed by atoms with Gasteiger partial charge in [0, 0.05) is 4.75 Å². The van der Waals surface area contributed by atoms with Gasteiger partial charge in [-0.1, -0.05) is 29.9 Å². The molecule has 1 aromatic rings. The van der Waals surface area contributed by atoms with Crippen LogP contribution in [0.3, 0.4) is 0 Å². The Morgan fingerprint density at radius 3 is 2.93 bits per heavy atom. The van der Waals surface area contributed by atoms with E-state index in [1.54, 1.807) is 0 Å². The number of thioether (sulfide) groups is 2. The molecule has 0 unspecified atom stereocenters. The first-order valence-corrected chi connectivity index (χ1v) is 7.13. The van der Waals surface area contributed by atoms with Crippen LogP contribution in [0.2, 0.25) is 0 Å². The molecule has 1 fully saturated rings. The Morgan fingerprint density at radius 2 is 2.33 bits per heavy atom. The largest absolute Gasteiger partial charge is 0.301 e. The standard InChI is InChI=1S/C10H12N2OS2/c1-14-9-11-7(13)6-5-10(3-2-4-10)15-8(6)12-9/h2-5H2,1H3,(H,11,12,13). The normalized spacial score (nSPS) is 21.4. The van der Waals surface area contributed by atoms with Gasteiger partial charge in [0.25, 0.3) is 5.56 Å². The van der Waals surface area contributed by atoms with E-state index in [0.717, 1.165) is 22.2 Å². The number of aromatic amines is 1. The van der Waals surface area contributed by atoms with Crippen molar-refractivity contribution in [3.05, 3.63) is 15.9 Å². The van der Waals surface area contributed by atoms with E-state index >= 15 is 0 Å². The Kier molecular flexibility index (Phi) is 2.14. The van der Waals surface area contributed by atoms with Gasteiger partial charge in [-0.15, -0.1) is 0 Å². The van der Waals surface area contributed by atoms with Crippen LogP contribution in [0.1, 0.15) is 24.8 Å². The van der Waals surface area contributed by atoms with Crippen LogP contribution in [-0.2, 0) is 6.42 Å². The quantitative estimate of drug-likeness (QED) is 0.464. The number of hydrogen-bond donors (Lipinski definition) is 1. The second kappa shape index (κ2) is 3.28. The summed E-state index contributed by atoms with van der Waals surface area (Å²) in [6, 6.07) is 0. The van der Waals surface area contributed by atoms with Gasteiger partial charge in [-0.05, 0) is 25.5 Å². The Bertz CT molecular complexity index is 465. The fourth-order valence-electron chi connectivity index (χ4n) is 2.21. The zero-order valence-corrected chi connectivity index (χ0v) is 10.1. The van der Waals surface area contributed by atoms with Crippen LogP contribution in [0, 0.1) is 0 Å². The minimum Gasteiger partial charge on any atom is -0.301 e. The summed E-state index contributed by atoms with van der Waals surface area (Å²) in [7, 11) is 0. The van der Waals surface area contributed by atoms with Crippen LogP contribution in [0.5, 0.6) is 0 Å². The molecule has 0 amide bonds. The molecule has 1 saturated carbocycles. The Labute approximate surface area is 96.5 Å². The van der Waals surface area contributed by atoms with E-state index < -0.39 is 0 Å². The molecule has 1 aromatic heterocycles. The van der Waals surface area contributed by atoms with Gasteiger partial charge in [0.1, 0.15) is 5.03 Å². The number of nitrogens with zero attached hydrogens (tertiary/aromatic N) is 1. The van der Waals surface area contributed by atoms with Crippen molar-refractivity contribution >= 4 is 23.5 Å². The van der Waals surface area contributed by atoms with E-state index in [0.29, 0.717) is 4.75 Å². The summed E-state index contributed by atoms with van der Waals surface area (Å²) >= 11 is 3.32. The number of aromatic nitrogens is 2. The molecule has 3 rings (SSSR count). The van der Waals surface area contributed by atoms with Gasteiger partial charge < -0.3 is 4.98 Å². The first-order valence-electron chi connectivity index (χ1n) is 5.09. The molecule has 0 atom stereocenters. The zero-order valence-electron chi connectivity index (χ0n) is 8.50. The van der Waals surface area contributed by atoms with Crippen molar-refractivity contribution < 1.29 is 0 Å². The monoisotopic (exact) mass is 240 g/mol. The van der Waals surface area contributed by atoms with Gasteiger partial charge in [-0.3, -0.25) is 4.79 Å². The van der Waals surface area contributed by atoms with Crippen molar-refractivity contribution in [2.45, 2.75) is 40.6 Å². The van der Waals surface area contributed by atoms with E-state index in [4.69, 9.17) is 0 Å². The third kappa shape index (κ3) is 1.44. The van der Waals surface area contributed by atoms with Crippen LogP contribution < -0.4 is 5.56 Å². The average molecular weight is 240 g/mol. The Morgan fingerprint density at radius 1 is 1.53 bits per heavy atom. The Balaban J connectivity index is 2.05. The lowest BCUT2D eigenvalue weighted by molar-refractivity contribution is 0.366. The average Bonchev–Trinajstić information content (AvgIpc) is 2.57. The summed E-state index contributed by atoms with van der Waals surface area (Å²) in [6.07, 6.45) is 6.63. The first-order chi connectivity index (χ1) is 7.22. The number of fused-ring (bicyclic) bond motifs is 1. The van der Waals surface area contributed by atoms with Gasteiger partial charge in [0.15, 0.2) is 5.16 Å². The summed E-state index contributed by atoms with van der Waals surface area (Å²) in [5.41, 5.74) is 0.984. The van der Waals surface area contributed by atoms with Gasteiger partial charge in [0.2, 0.25) is 0 Å². The molecule has 0 saturated heterocycles. The maximum absolute atomic E-state index is 11.8. The van der Waals surface area contributed by atoms with E-state index in [1.165, 1.54) is 31.0 Å². The van der Waals surface area contributed by atoms with Crippen molar-refractivity contribution in [3.8, 4) is 0 Å². The van der Waals surface area contributed by atoms with E-state index in [1.807, 2.05) is 18.0 Å². The maximum atomic E-state index is 11.8. The Hall–Kier alpha value is -0.420. The molecule has 1 aliphatic carbocycles. The lowest BCUT2D eigenvalue weighted by atomic mass is 9.80. The van der Waals surface area contributed by atoms with Gasteiger partial charge in [-0.25, -0.2) is 4.98 Å². The van der Waals surface area contributed by atoms with Crippen LogP contribution in [0.15, 0.2) is 15.0 Å². The molecule has 5 heteroatoms. The third-order valence-electron chi connectivity index (χ3n) is 3.23. The highest BCUT2D eigenvalue weighted by Gasteiger charge is 2.45. The molecule has 2 aliphatic rings. The number of nitrogens with one attached hydrogen (secondary N) is 1. The molecule has 1 N–H and O–H groups in total. The molecule has 80 valence electrons. The highest BCUT2D eigenvalue weighted by Crippen LogP contribution is 2.54. The summed E-state index contributed by atoms with van der Waals surface area (Å²) in [4.78, 5) is 19.1. The van der Waals surface area contributed by atoms with Gasteiger partial charge >= 0.3 is 0 Å². The smallest absolute Gasteiger partial charge is 0.255 e. The maximum Gasteiger partial charge on any atom is 0.255 e. The molecule has 1 spiro atoms. The molecular formula is C10H12N2OS2. The van der Waals surface area contributed by atoms with Gasteiger partial charge in [-0.2, -0.15) is 0 Å². The predicted octanol–water partition coefficient (Wildman–Crippen LogP) is 2.06. The fraction of sp³-hybridized carbons (Fsp3) is 0.600. The SMILES string of the molecule is CSc1nc2c(c(=O)[nH]1)CC1(CCC1)S2.